The minimum Gasteiger partial charge on any atom is -0.493 e. The molecule has 0 radical (unpaired) electrons. The third kappa shape index (κ3) is 4.88. The van der Waals surface area contributed by atoms with Gasteiger partial charge in [-0.05, 0) is 49.8 Å². The van der Waals surface area contributed by atoms with Crippen LogP contribution in [0.3, 0.4) is 0 Å². The summed E-state index contributed by atoms with van der Waals surface area (Å²) in [6.07, 6.45) is 1.47. The average Bonchev–Trinajstić information content (AvgIpc) is 3.14. The van der Waals surface area contributed by atoms with Crippen molar-refractivity contribution < 1.29 is 14.3 Å². The van der Waals surface area contributed by atoms with Gasteiger partial charge in [0.15, 0.2) is 11.5 Å². The van der Waals surface area contributed by atoms with Crippen molar-refractivity contribution in [2.75, 3.05) is 7.11 Å². The van der Waals surface area contributed by atoms with Crippen LogP contribution in [0, 0.1) is 36.5 Å². The van der Waals surface area contributed by atoms with E-state index < -0.39 is 5.91 Å². The number of nitriles is 2. The maximum absolute atomic E-state index is 12.8. The van der Waals surface area contributed by atoms with E-state index in [9.17, 15) is 15.3 Å². The van der Waals surface area contributed by atoms with Crippen LogP contribution in [0.2, 0.25) is 0 Å². The lowest BCUT2D eigenvalue weighted by molar-refractivity contribution is 0.0943. The summed E-state index contributed by atoms with van der Waals surface area (Å²) in [6.45, 7) is 3.71. The smallest absolute Gasteiger partial charge is 0.289 e. The molecule has 0 unspecified atom stereocenters. The normalized spacial score (nSPS) is 10.9. The molecule has 1 aromatic heterocycles. The summed E-state index contributed by atoms with van der Waals surface area (Å²) in [6, 6.07) is 16.4. The molecule has 0 saturated heterocycles. The topological polar surface area (TPSA) is 101 Å². The van der Waals surface area contributed by atoms with Crippen LogP contribution in [0.25, 0.3) is 6.08 Å². The highest BCUT2D eigenvalue weighted by Gasteiger charge is 2.17. The number of aryl methyl sites for hydroxylation is 2. The maximum atomic E-state index is 12.8. The first-order chi connectivity index (χ1) is 15.4. The number of aromatic nitrogens is 2. The van der Waals surface area contributed by atoms with Gasteiger partial charge < -0.3 is 9.47 Å². The second-order valence-corrected chi connectivity index (χ2v) is 7.75. The van der Waals surface area contributed by atoms with Crippen LogP contribution in [0.5, 0.6) is 11.5 Å². The molecule has 2 aromatic carbocycles. The van der Waals surface area contributed by atoms with Crippen molar-refractivity contribution in [3.8, 4) is 23.6 Å². The number of carbonyl (C=O) groups is 1. The molecule has 0 spiro atoms. The van der Waals surface area contributed by atoms with Gasteiger partial charge in [0.25, 0.3) is 5.91 Å². The van der Waals surface area contributed by atoms with E-state index in [-0.39, 0.29) is 12.2 Å². The number of halogens is 1. The number of allylic oxidation sites excluding steroid dienone is 1. The van der Waals surface area contributed by atoms with Crippen LogP contribution in [0.15, 0.2) is 52.5 Å². The molecule has 0 atom stereocenters. The second-order valence-electron chi connectivity index (χ2n) is 6.90. The largest absolute Gasteiger partial charge is 0.493 e. The molecule has 3 rings (SSSR count). The second kappa shape index (κ2) is 9.95. The van der Waals surface area contributed by atoms with Gasteiger partial charge in [-0.3, -0.25) is 4.79 Å². The molecule has 0 N–H and O–H groups in total. The van der Waals surface area contributed by atoms with Gasteiger partial charge >= 0.3 is 0 Å². The van der Waals surface area contributed by atoms with Gasteiger partial charge in [-0.25, -0.2) is 4.68 Å². The highest BCUT2D eigenvalue weighted by Crippen LogP contribution is 2.35. The van der Waals surface area contributed by atoms with Gasteiger partial charge in [-0.15, -0.1) is 0 Å². The minimum atomic E-state index is -0.516. The van der Waals surface area contributed by atoms with Gasteiger partial charge in [0.1, 0.15) is 18.2 Å². The molecular formula is C24H19BrN4O3. The maximum Gasteiger partial charge on any atom is 0.289 e. The van der Waals surface area contributed by atoms with Crippen LogP contribution >= 0.6 is 15.9 Å². The number of benzene rings is 2. The summed E-state index contributed by atoms with van der Waals surface area (Å²) < 4.78 is 13.1. The van der Waals surface area contributed by atoms with Gasteiger partial charge in [0.05, 0.1) is 24.4 Å². The highest BCUT2D eigenvalue weighted by molar-refractivity contribution is 9.10. The Bertz CT molecular complexity index is 1300. The summed E-state index contributed by atoms with van der Waals surface area (Å²) in [5.74, 6) is 0.356. The Labute approximate surface area is 194 Å². The third-order valence-electron chi connectivity index (χ3n) is 4.66. The molecule has 0 aliphatic rings. The Morgan fingerprint density at radius 1 is 1.19 bits per heavy atom. The van der Waals surface area contributed by atoms with E-state index in [1.165, 1.54) is 17.9 Å². The number of carbonyl (C=O) groups excluding carboxylic acids is 1. The summed E-state index contributed by atoms with van der Waals surface area (Å²) in [5.41, 5.74) is 3.11. The van der Waals surface area contributed by atoms with E-state index >= 15 is 0 Å². The molecule has 32 heavy (non-hydrogen) atoms. The molecule has 1 heterocycles. The Morgan fingerprint density at radius 3 is 2.56 bits per heavy atom. The van der Waals surface area contributed by atoms with Crippen LogP contribution in [-0.2, 0) is 6.61 Å². The SMILES string of the molecule is COc1cc(/C=C(\C#N)C(=O)n2nc(C)cc2C)c(Br)cc1OCc1ccccc1C#N. The zero-order valence-electron chi connectivity index (χ0n) is 17.7. The average molecular weight is 491 g/mol. The van der Waals surface area contributed by atoms with Crippen molar-refractivity contribution in [1.29, 1.82) is 10.5 Å². The Kier molecular flexibility index (Phi) is 7.09. The number of hydrogen-bond acceptors (Lipinski definition) is 6. The fraction of sp³-hybridized carbons (Fsp3) is 0.167. The highest BCUT2D eigenvalue weighted by atomic mass is 79.9. The number of hydrogen-bond donors (Lipinski definition) is 0. The monoisotopic (exact) mass is 490 g/mol. The van der Waals surface area contributed by atoms with Crippen molar-refractivity contribution in [2.45, 2.75) is 20.5 Å². The standard InChI is InChI=1S/C24H19BrN4O3/c1-15-8-16(2)29(28-15)24(30)20(13-27)9-19-10-22(31-3)23(11-21(19)25)32-14-18-7-5-4-6-17(18)12-26/h4-11H,14H2,1-3H3/b20-9+. The van der Waals surface area contributed by atoms with Crippen LogP contribution in [-0.4, -0.2) is 22.8 Å². The van der Waals surface area contributed by atoms with Gasteiger partial charge in [-0.1, -0.05) is 34.1 Å². The van der Waals surface area contributed by atoms with Crippen molar-refractivity contribution in [3.05, 3.63) is 80.6 Å². The molecule has 0 aliphatic carbocycles. The first-order valence-corrected chi connectivity index (χ1v) is 10.3. The van der Waals surface area contributed by atoms with Gasteiger partial charge in [0, 0.05) is 15.7 Å². The number of nitrogens with zero attached hydrogens (tertiary/aromatic N) is 4. The van der Waals surface area contributed by atoms with Crippen LogP contribution in [0.1, 0.15) is 32.9 Å². The van der Waals surface area contributed by atoms with E-state index in [0.717, 1.165) is 5.56 Å². The van der Waals surface area contributed by atoms with E-state index in [0.29, 0.717) is 38.5 Å². The number of rotatable bonds is 6. The predicted molar refractivity (Wildman–Crippen MR) is 122 cm³/mol. The van der Waals surface area contributed by atoms with E-state index in [4.69, 9.17) is 9.47 Å². The first-order valence-electron chi connectivity index (χ1n) is 9.56. The fourth-order valence-corrected chi connectivity index (χ4v) is 3.53. The lowest BCUT2D eigenvalue weighted by atomic mass is 10.1. The molecule has 3 aromatic rings. The zero-order valence-corrected chi connectivity index (χ0v) is 19.3. The van der Waals surface area contributed by atoms with Crippen molar-refractivity contribution in [1.82, 2.24) is 9.78 Å². The number of methoxy groups -OCH3 is 1. The van der Waals surface area contributed by atoms with Crippen molar-refractivity contribution in [3.63, 3.8) is 0 Å². The minimum absolute atomic E-state index is 0.0735. The molecule has 8 heteroatoms. The Balaban J connectivity index is 1.91. The summed E-state index contributed by atoms with van der Waals surface area (Å²) in [7, 11) is 1.50. The lowest BCUT2D eigenvalue weighted by Gasteiger charge is -2.13. The lowest BCUT2D eigenvalue weighted by Crippen LogP contribution is -2.15. The van der Waals surface area contributed by atoms with Crippen LogP contribution in [0.4, 0.5) is 0 Å². The molecular weight excluding hydrogens is 472 g/mol. The molecule has 160 valence electrons. The Hall–Kier alpha value is -3.88. The molecule has 0 fully saturated rings. The van der Waals surface area contributed by atoms with Gasteiger partial charge in [-0.2, -0.15) is 15.6 Å². The molecule has 0 aliphatic heterocycles. The van der Waals surface area contributed by atoms with Gasteiger partial charge in [0.2, 0.25) is 0 Å². The molecule has 7 nitrogen and oxygen atoms in total. The quantitative estimate of drug-likeness (QED) is 0.357. The van der Waals surface area contributed by atoms with Crippen molar-refractivity contribution in [2.24, 2.45) is 0 Å². The Morgan fingerprint density at radius 2 is 1.94 bits per heavy atom. The molecule has 0 saturated carbocycles. The van der Waals surface area contributed by atoms with E-state index in [1.807, 2.05) is 18.2 Å². The summed E-state index contributed by atoms with van der Waals surface area (Å²) >= 11 is 3.47. The summed E-state index contributed by atoms with van der Waals surface area (Å²) in [4.78, 5) is 12.8. The van der Waals surface area contributed by atoms with Crippen molar-refractivity contribution >= 4 is 27.9 Å². The predicted octanol–water partition coefficient (Wildman–Crippen LogP) is 4.97. The zero-order chi connectivity index (χ0) is 23.3. The van der Waals surface area contributed by atoms with E-state index in [2.05, 4.69) is 27.1 Å². The van der Waals surface area contributed by atoms with E-state index in [1.54, 1.807) is 44.2 Å². The fourth-order valence-electron chi connectivity index (χ4n) is 3.09. The molecule has 0 bridgehead atoms. The summed E-state index contributed by atoms with van der Waals surface area (Å²) in [5, 5.41) is 23.0. The van der Waals surface area contributed by atoms with Crippen LogP contribution < -0.4 is 9.47 Å². The molecule has 0 amide bonds. The third-order valence-corrected chi connectivity index (χ3v) is 5.34. The number of ether oxygens (including phenoxy) is 2. The first kappa shape index (κ1) is 22.8.